The molecule has 1 aromatic heterocycles. The molecule has 2 aromatic carbocycles. The van der Waals surface area contributed by atoms with Gasteiger partial charge in [0.25, 0.3) is 5.91 Å². The minimum absolute atomic E-state index is 0.0558. The number of aromatic nitrogens is 1. The van der Waals surface area contributed by atoms with Gasteiger partial charge in [0.1, 0.15) is 0 Å². The number of hydrogen-bond acceptors (Lipinski definition) is 3. The van der Waals surface area contributed by atoms with Crippen molar-refractivity contribution in [2.45, 2.75) is 12.7 Å². The molecule has 0 atom stereocenters. The maximum Gasteiger partial charge on any atom is 0.416 e. The number of aromatic amines is 1. The van der Waals surface area contributed by atoms with Crippen LogP contribution in [0.4, 0.5) is 18.9 Å². The topological polar surface area (TPSA) is 80.8 Å². The monoisotopic (exact) mass is 420 g/mol. The number of carbonyl (C=O) groups excluding carboxylic acids is 1. The molecule has 4 N–H and O–H groups in total. The summed E-state index contributed by atoms with van der Waals surface area (Å²) in [7, 11) is 0. The van der Waals surface area contributed by atoms with E-state index in [1.165, 1.54) is 18.3 Å². The molecule has 0 aliphatic heterocycles. The van der Waals surface area contributed by atoms with Crippen LogP contribution >= 0.6 is 11.6 Å². The van der Waals surface area contributed by atoms with Crippen molar-refractivity contribution >= 4 is 40.3 Å². The van der Waals surface area contributed by atoms with Crippen molar-refractivity contribution in [1.82, 2.24) is 10.3 Å². The number of fused-ring (bicyclic) bond motifs is 1. The molecular weight excluding hydrogens is 405 g/mol. The number of carbonyl (C=O) groups is 1. The average molecular weight is 421 g/mol. The fourth-order valence-electron chi connectivity index (χ4n) is 2.66. The Morgan fingerprint density at radius 2 is 1.90 bits per heavy atom. The molecule has 9 heteroatoms. The van der Waals surface area contributed by atoms with Crippen LogP contribution in [0, 0.1) is 5.41 Å². The summed E-state index contributed by atoms with van der Waals surface area (Å²) in [6, 6.07) is 9.89. The van der Waals surface area contributed by atoms with Gasteiger partial charge < -0.3 is 21.0 Å². The fourth-order valence-corrected chi connectivity index (χ4v) is 2.83. The summed E-state index contributed by atoms with van der Waals surface area (Å²) in [5.74, 6) is -0.504. The molecule has 150 valence electrons. The molecule has 0 spiro atoms. The Morgan fingerprint density at radius 3 is 2.55 bits per heavy atom. The summed E-state index contributed by atoms with van der Waals surface area (Å²) in [5, 5.41) is 14.3. The molecule has 5 nitrogen and oxygen atoms in total. The summed E-state index contributed by atoms with van der Waals surface area (Å²) in [6.07, 6.45) is -0.534. The lowest BCUT2D eigenvalue weighted by molar-refractivity contribution is -0.137. The summed E-state index contributed by atoms with van der Waals surface area (Å²) in [4.78, 5) is 15.4. The van der Waals surface area contributed by atoms with Crippen LogP contribution in [0.25, 0.3) is 10.9 Å². The molecule has 0 unspecified atom stereocenters. The Balaban J connectivity index is 1.64. The molecule has 0 saturated carbocycles. The molecule has 29 heavy (non-hydrogen) atoms. The van der Waals surface area contributed by atoms with E-state index < -0.39 is 17.6 Å². The highest BCUT2D eigenvalue weighted by molar-refractivity contribution is 6.31. The molecule has 3 rings (SSSR count). The molecule has 0 bridgehead atoms. The number of benzene rings is 2. The van der Waals surface area contributed by atoms with Crippen LogP contribution < -0.4 is 10.6 Å². The molecule has 0 saturated heterocycles. The molecular formula is C20H16ClF3N4O. The lowest BCUT2D eigenvalue weighted by Crippen LogP contribution is -2.18. The van der Waals surface area contributed by atoms with Gasteiger partial charge in [-0.1, -0.05) is 23.7 Å². The van der Waals surface area contributed by atoms with Gasteiger partial charge in [0, 0.05) is 41.1 Å². The molecule has 3 aromatic rings. The molecule has 0 aliphatic rings. The average Bonchev–Trinajstić information content (AvgIpc) is 3.06. The van der Waals surface area contributed by atoms with E-state index in [2.05, 4.69) is 15.6 Å². The molecule has 1 heterocycles. The van der Waals surface area contributed by atoms with Gasteiger partial charge in [0.15, 0.2) is 0 Å². The van der Waals surface area contributed by atoms with Crippen LogP contribution in [0.5, 0.6) is 0 Å². The summed E-state index contributed by atoms with van der Waals surface area (Å²) < 4.78 is 37.7. The number of rotatable bonds is 6. The van der Waals surface area contributed by atoms with E-state index in [1.807, 2.05) is 0 Å². The SMILES string of the molecule is N=C/C(=C\NCc1ccc(C(F)(F)F)cc1)C(=O)Nc1c[nH]c2cc(Cl)ccc12. The van der Waals surface area contributed by atoms with E-state index in [1.54, 1.807) is 24.4 Å². The van der Waals surface area contributed by atoms with E-state index in [-0.39, 0.29) is 12.1 Å². The van der Waals surface area contributed by atoms with Gasteiger partial charge in [-0.3, -0.25) is 4.79 Å². The van der Waals surface area contributed by atoms with E-state index in [9.17, 15) is 18.0 Å². The van der Waals surface area contributed by atoms with Crippen LogP contribution in [-0.4, -0.2) is 17.1 Å². The molecule has 1 amide bonds. The second-order valence-electron chi connectivity index (χ2n) is 6.17. The first-order chi connectivity index (χ1) is 13.8. The normalized spacial score (nSPS) is 12.1. The second-order valence-corrected chi connectivity index (χ2v) is 6.60. The first-order valence-corrected chi connectivity index (χ1v) is 8.84. The van der Waals surface area contributed by atoms with Crippen molar-refractivity contribution in [3.63, 3.8) is 0 Å². The minimum atomic E-state index is -4.38. The van der Waals surface area contributed by atoms with Gasteiger partial charge in [0.2, 0.25) is 0 Å². The van der Waals surface area contributed by atoms with Gasteiger partial charge in [0.05, 0.1) is 16.8 Å². The predicted octanol–water partition coefficient (Wildman–Crippen LogP) is 5.10. The number of hydrogen-bond donors (Lipinski definition) is 4. The van der Waals surface area contributed by atoms with Gasteiger partial charge in [-0.25, -0.2) is 0 Å². The number of anilines is 1. The van der Waals surface area contributed by atoms with Crippen LogP contribution in [0.15, 0.2) is 60.4 Å². The Kier molecular flexibility index (Phi) is 5.93. The summed E-state index contributed by atoms with van der Waals surface area (Å²) >= 11 is 5.93. The van der Waals surface area contributed by atoms with Crippen molar-refractivity contribution in [3.8, 4) is 0 Å². The summed E-state index contributed by atoms with van der Waals surface area (Å²) in [6.45, 7) is 0.203. The molecule has 0 radical (unpaired) electrons. The predicted molar refractivity (Wildman–Crippen MR) is 107 cm³/mol. The minimum Gasteiger partial charge on any atom is -0.386 e. The lowest BCUT2D eigenvalue weighted by atomic mass is 10.1. The van der Waals surface area contributed by atoms with Gasteiger partial charge in [-0.15, -0.1) is 0 Å². The number of halogens is 4. The Labute approximate surface area is 169 Å². The zero-order valence-corrected chi connectivity index (χ0v) is 15.7. The zero-order chi connectivity index (χ0) is 21.0. The van der Waals surface area contributed by atoms with Crippen LogP contribution in [-0.2, 0) is 17.5 Å². The Bertz CT molecular complexity index is 1070. The van der Waals surface area contributed by atoms with Gasteiger partial charge in [-0.2, -0.15) is 13.2 Å². The first kappa shape index (κ1) is 20.5. The second kappa shape index (κ2) is 8.40. The van der Waals surface area contributed by atoms with Gasteiger partial charge >= 0.3 is 6.18 Å². The van der Waals surface area contributed by atoms with Crippen molar-refractivity contribution in [2.24, 2.45) is 0 Å². The Hall–Kier alpha value is -3.26. The van der Waals surface area contributed by atoms with Crippen molar-refractivity contribution in [1.29, 1.82) is 5.41 Å². The van der Waals surface area contributed by atoms with E-state index in [4.69, 9.17) is 17.0 Å². The maximum absolute atomic E-state index is 12.6. The highest BCUT2D eigenvalue weighted by atomic mass is 35.5. The third-order valence-corrected chi connectivity index (χ3v) is 4.39. The summed E-state index contributed by atoms with van der Waals surface area (Å²) in [5.41, 5.74) is 1.23. The lowest BCUT2D eigenvalue weighted by Gasteiger charge is -2.08. The number of amides is 1. The largest absolute Gasteiger partial charge is 0.416 e. The highest BCUT2D eigenvalue weighted by Crippen LogP contribution is 2.29. The third kappa shape index (κ3) is 4.97. The smallest absolute Gasteiger partial charge is 0.386 e. The molecule has 0 aliphatic carbocycles. The fraction of sp³-hybridized carbons (Fsp3) is 0.100. The van der Waals surface area contributed by atoms with Crippen LogP contribution in [0.1, 0.15) is 11.1 Å². The number of alkyl halides is 3. The van der Waals surface area contributed by atoms with Crippen molar-refractivity contribution in [3.05, 3.63) is 76.6 Å². The van der Waals surface area contributed by atoms with Gasteiger partial charge in [-0.05, 0) is 35.9 Å². The third-order valence-electron chi connectivity index (χ3n) is 4.15. The van der Waals surface area contributed by atoms with Crippen LogP contribution in [0.3, 0.4) is 0 Å². The van der Waals surface area contributed by atoms with Crippen molar-refractivity contribution in [2.75, 3.05) is 5.32 Å². The maximum atomic E-state index is 12.6. The highest BCUT2D eigenvalue weighted by Gasteiger charge is 2.29. The molecule has 0 fully saturated rings. The Morgan fingerprint density at radius 1 is 1.17 bits per heavy atom. The quantitative estimate of drug-likeness (QED) is 0.330. The number of nitrogens with one attached hydrogen (secondary N) is 4. The van der Waals surface area contributed by atoms with E-state index in [0.717, 1.165) is 29.3 Å². The number of H-pyrrole nitrogens is 1. The van der Waals surface area contributed by atoms with Crippen molar-refractivity contribution < 1.29 is 18.0 Å². The first-order valence-electron chi connectivity index (χ1n) is 8.46. The van der Waals surface area contributed by atoms with E-state index in [0.29, 0.717) is 16.3 Å². The van der Waals surface area contributed by atoms with Crippen LogP contribution in [0.2, 0.25) is 5.02 Å². The van der Waals surface area contributed by atoms with E-state index >= 15 is 0 Å². The standard InChI is InChI=1S/C20H16ClF3N4O/c21-15-5-6-16-17(7-15)27-11-18(16)28-19(29)13(8-25)10-26-9-12-1-3-14(4-2-12)20(22,23)24/h1-8,10-11,25-27H,9H2,(H,28,29)/b13-10+,25-8?. The zero-order valence-electron chi connectivity index (χ0n) is 14.9.